The maximum atomic E-state index is 12.8. The molecule has 6 nitrogen and oxygen atoms in total. The standard InChI is InChI=1S/C15H21N3O3/c16-10-15(4-7-21-8-5-15)14(20)18-6-3-12-11(9-18)1-2-13(19)17-12/h11-12H,1-9H2,(H,17,19). The smallest absolute Gasteiger partial charge is 0.243 e. The second kappa shape index (κ2) is 5.64. The average molecular weight is 291 g/mol. The van der Waals surface area contributed by atoms with E-state index in [1.807, 2.05) is 4.90 Å². The first kappa shape index (κ1) is 14.3. The van der Waals surface area contributed by atoms with Crippen LogP contribution in [0.2, 0.25) is 0 Å². The first-order valence-corrected chi connectivity index (χ1v) is 7.72. The Morgan fingerprint density at radius 1 is 1.38 bits per heavy atom. The largest absolute Gasteiger partial charge is 0.381 e. The van der Waals surface area contributed by atoms with E-state index in [1.54, 1.807) is 0 Å². The molecule has 6 heteroatoms. The van der Waals surface area contributed by atoms with Crippen molar-refractivity contribution in [3.8, 4) is 6.07 Å². The van der Waals surface area contributed by atoms with Gasteiger partial charge in [-0.3, -0.25) is 9.59 Å². The summed E-state index contributed by atoms with van der Waals surface area (Å²) in [6, 6.07) is 2.45. The summed E-state index contributed by atoms with van der Waals surface area (Å²) in [5.74, 6) is 0.411. The molecule has 2 unspecified atom stereocenters. The molecule has 0 spiro atoms. The molecular weight excluding hydrogens is 270 g/mol. The van der Waals surface area contributed by atoms with Crippen LogP contribution in [0.1, 0.15) is 32.1 Å². The zero-order chi connectivity index (χ0) is 14.9. The van der Waals surface area contributed by atoms with E-state index in [0.717, 1.165) is 12.8 Å². The Kier molecular flexibility index (Phi) is 3.85. The van der Waals surface area contributed by atoms with E-state index in [4.69, 9.17) is 4.74 Å². The normalized spacial score (nSPS) is 31.8. The van der Waals surface area contributed by atoms with Gasteiger partial charge in [0.25, 0.3) is 0 Å². The molecule has 2 atom stereocenters. The fourth-order valence-corrected chi connectivity index (χ4v) is 3.69. The third kappa shape index (κ3) is 2.62. The summed E-state index contributed by atoms with van der Waals surface area (Å²) in [7, 11) is 0. The molecule has 0 saturated carbocycles. The van der Waals surface area contributed by atoms with Crippen LogP contribution in [-0.2, 0) is 14.3 Å². The molecule has 0 aliphatic carbocycles. The molecule has 3 rings (SSSR count). The number of fused-ring (bicyclic) bond motifs is 1. The van der Waals surface area contributed by atoms with Crippen LogP contribution in [0.4, 0.5) is 0 Å². The van der Waals surface area contributed by atoms with Gasteiger partial charge in [-0.1, -0.05) is 0 Å². The second-order valence-corrected chi connectivity index (χ2v) is 6.32. The van der Waals surface area contributed by atoms with Crippen LogP contribution in [0.15, 0.2) is 0 Å². The van der Waals surface area contributed by atoms with E-state index >= 15 is 0 Å². The molecule has 1 N–H and O–H groups in total. The van der Waals surface area contributed by atoms with Crippen molar-refractivity contribution in [1.82, 2.24) is 10.2 Å². The van der Waals surface area contributed by atoms with Gasteiger partial charge in [-0.2, -0.15) is 5.26 Å². The minimum atomic E-state index is -0.900. The number of nitrogens with zero attached hydrogens (tertiary/aromatic N) is 2. The first-order chi connectivity index (χ1) is 10.1. The Balaban J connectivity index is 1.68. The van der Waals surface area contributed by atoms with Crippen LogP contribution in [-0.4, -0.2) is 49.1 Å². The van der Waals surface area contributed by atoms with Crippen LogP contribution in [0.5, 0.6) is 0 Å². The molecule has 0 radical (unpaired) electrons. The van der Waals surface area contributed by atoms with E-state index < -0.39 is 5.41 Å². The molecule has 3 aliphatic heterocycles. The van der Waals surface area contributed by atoms with Crippen molar-refractivity contribution in [2.24, 2.45) is 11.3 Å². The number of rotatable bonds is 1. The Labute approximate surface area is 124 Å². The molecule has 0 aromatic heterocycles. The molecule has 3 heterocycles. The quantitative estimate of drug-likeness (QED) is 0.759. The zero-order valence-corrected chi connectivity index (χ0v) is 12.1. The number of carbonyl (C=O) groups is 2. The molecule has 3 aliphatic rings. The van der Waals surface area contributed by atoms with Crippen LogP contribution >= 0.6 is 0 Å². The van der Waals surface area contributed by atoms with Crippen molar-refractivity contribution in [3.63, 3.8) is 0 Å². The minimum Gasteiger partial charge on any atom is -0.381 e. The van der Waals surface area contributed by atoms with Crippen LogP contribution < -0.4 is 5.32 Å². The van der Waals surface area contributed by atoms with E-state index in [1.165, 1.54) is 0 Å². The van der Waals surface area contributed by atoms with Gasteiger partial charge >= 0.3 is 0 Å². The number of nitriles is 1. The maximum absolute atomic E-state index is 12.8. The molecular formula is C15H21N3O3. The molecule has 0 aromatic carbocycles. The van der Waals surface area contributed by atoms with E-state index in [0.29, 0.717) is 51.5 Å². The summed E-state index contributed by atoms with van der Waals surface area (Å²) >= 11 is 0. The van der Waals surface area contributed by atoms with Gasteiger partial charge in [-0.05, 0) is 31.6 Å². The number of nitrogens with one attached hydrogen (secondary N) is 1. The Hall–Kier alpha value is -1.61. The topological polar surface area (TPSA) is 82.4 Å². The third-order valence-corrected chi connectivity index (χ3v) is 5.08. The van der Waals surface area contributed by atoms with Crippen molar-refractivity contribution < 1.29 is 14.3 Å². The van der Waals surface area contributed by atoms with E-state index in [-0.39, 0.29) is 17.9 Å². The van der Waals surface area contributed by atoms with Gasteiger partial charge in [-0.25, -0.2) is 0 Å². The highest BCUT2D eigenvalue weighted by Crippen LogP contribution is 2.34. The minimum absolute atomic E-state index is 0.0383. The summed E-state index contributed by atoms with van der Waals surface area (Å²) in [5, 5.41) is 12.5. The second-order valence-electron chi connectivity index (χ2n) is 6.32. The highest BCUT2D eigenvalue weighted by atomic mass is 16.5. The SMILES string of the molecule is N#CC1(C(=O)N2CCC3NC(=O)CCC3C2)CCOCC1. The van der Waals surface area contributed by atoms with Crippen molar-refractivity contribution in [2.75, 3.05) is 26.3 Å². The Morgan fingerprint density at radius 2 is 2.14 bits per heavy atom. The summed E-state index contributed by atoms with van der Waals surface area (Å²) < 4.78 is 5.29. The summed E-state index contributed by atoms with van der Waals surface area (Å²) in [6.07, 6.45) is 3.15. The molecule has 3 saturated heterocycles. The van der Waals surface area contributed by atoms with Crippen molar-refractivity contribution >= 4 is 11.8 Å². The predicted octanol–water partition coefficient (Wildman–Crippen LogP) is 0.434. The Morgan fingerprint density at radius 3 is 2.86 bits per heavy atom. The lowest BCUT2D eigenvalue weighted by atomic mass is 9.78. The average Bonchev–Trinajstić information content (AvgIpc) is 2.54. The fourth-order valence-electron chi connectivity index (χ4n) is 3.69. The number of amides is 2. The summed E-state index contributed by atoms with van der Waals surface area (Å²) in [4.78, 5) is 26.1. The maximum Gasteiger partial charge on any atom is 0.243 e. The third-order valence-electron chi connectivity index (χ3n) is 5.08. The van der Waals surface area contributed by atoms with Crippen LogP contribution in [0, 0.1) is 22.7 Å². The van der Waals surface area contributed by atoms with Gasteiger partial charge in [0.05, 0.1) is 6.07 Å². The molecule has 2 amide bonds. The number of likely N-dealkylation sites (tertiary alicyclic amines) is 1. The van der Waals surface area contributed by atoms with Gasteiger partial charge < -0.3 is 15.0 Å². The van der Waals surface area contributed by atoms with Crippen LogP contribution in [0.25, 0.3) is 0 Å². The predicted molar refractivity (Wildman–Crippen MR) is 74.0 cm³/mol. The zero-order valence-electron chi connectivity index (χ0n) is 12.1. The van der Waals surface area contributed by atoms with Gasteiger partial charge in [0.2, 0.25) is 11.8 Å². The van der Waals surface area contributed by atoms with Gasteiger partial charge in [0.1, 0.15) is 5.41 Å². The fraction of sp³-hybridized carbons (Fsp3) is 0.800. The molecule has 0 aromatic rings. The van der Waals surface area contributed by atoms with Gasteiger partial charge in [0, 0.05) is 38.8 Å². The number of hydrogen-bond donors (Lipinski definition) is 1. The molecule has 114 valence electrons. The summed E-state index contributed by atoms with van der Waals surface area (Å²) in [5.41, 5.74) is -0.900. The Bertz CT molecular complexity index is 479. The summed E-state index contributed by atoms with van der Waals surface area (Å²) in [6.45, 7) is 2.25. The highest BCUT2D eigenvalue weighted by Gasteiger charge is 2.45. The lowest BCUT2D eigenvalue weighted by molar-refractivity contribution is -0.146. The number of hydrogen-bond acceptors (Lipinski definition) is 4. The number of carbonyl (C=O) groups excluding carboxylic acids is 2. The van der Waals surface area contributed by atoms with Crippen molar-refractivity contribution in [3.05, 3.63) is 0 Å². The van der Waals surface area contributed by atoms with Crippen LogP contribution in [0.3, 0.4) is 0 Å². The molecule has 21 heavy (non-hydrogen) atoms. The highest BCUT2D eigenvalue weighted by molar-refractivity contribution is 5.86. The van der Waals surface area contributed by atoms with Gasteiger partial charge in [-0.15, -0.1) is 0 Å². The number of piperidine rings is 2. The first-order valence-electron chi connectivity index (χ1n) is 7.72. The molecule has 0 bridgehead atoms. The van der Waals surface area contributed by atoms with Crippen molar-refractivity contribution in [1.29, 1.82) is 5.26 Å². The lowest BCUT2D eigenvalue weighted by Gasteiger charge is -2.44. The van der Waals surface area contributed by atoms with Gasteiger partial charge in [0.15, 0.2) is 0 Å². The van der Waals surface area contributed by atoms with E-state index in [2.05, 4.69) is 11.4 Å². The number of ether oxygens (including phenoxy) is 1. The molecule has 3 fully saturated rings. The van der Waals surface area contributed by atoms with E-state index in [9.17, 15) is 14.9 Å². The van der Waals surface area contributed by atoms with Crippen molar-refractivity contribution in [2.45, 2.75) is 38.1 Å². The monoisotopic (exact) mass is 291 g/mol. The lowest BCUT2D eigenvalue weighted by Crippen LogP contribution is -2.57.